The van der Waals surface area contributed by atoms with Crippen LogP contribution in [0.1, 0.15) is 0 Å². The van der Waals surface area contributed by atoms with Crippen LogP contribution in [-0.2, 0) is 0 Å². The zero-order valence-electron chi connectivity index (χ0n) is 8.42. The van der Waals surface area contributed by atoms with E-state index >= 15 is 0 Å². The molecule has 0 unspecified atom stereocenters. The number of hydrogen-bond acceptors (Lipinski definition) is 2. The fourth-order valence-electron chi connectivity index (χ4n) is 1.27. The lowest BCUT2D eigenvalue weighted by atomic mass is 10.3. The average molecular weight is 344 g/mol. The zero-order chi connectivity index (χ0) is 13.4. The van der Waals surface area contributed by atoms with E-state index in [1.807, 2.05) is 0 Å². The lowest BCUT2D eigenvalue weighted by molar-refractivity contribution is 0.808. The van der Waals surface area contributed by atoms with Gasteiger partial charge in [0, 0.05) is 5.02 Å². The molecule has 94 valence electrons. The maximum absolute atomic E-state index is 11.9. The summed E-state index contributed by atoms with van der Waals surface area (Å²) in [6.45, 7) is 0. The highest BCUT2D eigenvalue weighted by Crippen LogP contribution is 2.27. The molecule has 0 aliphatic rings. The number of rotatable bonds is 1. The van der Waals surface area contributed by atoms with Gasteiger partial charge in [0.15, 0.2) is 5.15 Å². The van der Waals surface area contributed by atoms with Crippen LogP contribution in [0, 0.1) is 0 Å². The van der Waals surface area contributed by atoms with Crippen molar-refractivity contribution in [2.24, 2.45) is 0 Å². The average Bonchev–Trinajstić information content (AvgIpc) is 2.32. The fraction of sp³-hybridized carbons (Fsp3) is 0. The molecule has 0 N–H and O–H groups in total. The first-order valence-electron chi connectivity index (χ1n) is 4.51. The Kier molecular flexibility index (Phi) is 4.09. The molecule has 2 aromatic rings. The van der Waals surface area contributed by atoms with E-state index in [0.717, 1.165) is 4.68 Å². The van der Waals surface area contributed by atoms with E-state index in [2.05, 4.69) is 5.10 Å². The van der Waals surface area contributed by atoms with E-state index in [0.29, 0.717) is 10.7 Å². The first-order valence-corrected chi connectivity index (χ1v) is 6.40. The second-order valence-corrected chi connectivity index (χ2v) is 5.19. The van der Waals surface area contributed by atoms with Crippen LogP contribution in [0.4, 0.5) is 0 Å². The molecule has 3 nitrogen and oxygen atoms in total. The minimum Gasteiger partial charge on any atom is -0.266 e. The second kappa shape index (κ2) is 5.27. The van der Waals surface area contributed by atoms with Crippen molar-refractivity contribution < 1.29 is 0 Å². The third-order valence-corrected chi connectivity index (χ3v) is 3.79. The number of aromatic nitrogens is 2. The molecule has 0 bridgehead atoms. The fourth-order valence-corrected chi connectivity index (χ4v) is 2.27. The van der Waals surface area contributed by atoms with Crippen molar-refractivity contribution in [1.29, 1.82) is 0 Å². The second-order valence-electron chi connectivity index (χ2n) is 3.23. The van der Waals surface area contributed by atoms with E-state index < -0.39 is 5.56 Å². The molecular formula is C10H3Cl5N2O. The molecule has 0 fully saturated rings. The zero-order valence-corrected chi connectivity index (χ0v) is 12.2. The summed E-state index contributed by atoms with van der Waals surface area (Å²) in [4.78, 5) is 11.9. The molecule has 0 radical (unpaired) electrons. The topological polar surface area (TPSA) is 34.9 Å². The van der Waals surface area contributed by atoms with Gasteiger partial charge in [0.1, 0.15) is 10.0 Å². The molecule has 1 heterocycles. The van der Waals surface area contributed by atoms with E-state index in [1.165, 1.54) is 12.1 Å². The van der Waals surface area contributed by atoms with Gasteiger partial charge in [-0.3, -0.25) is 4.79 Å². The minimum atomic E-state index is -0.615. The summed E-state index contributed by atoms with van der Waals surface area (Å²) in [7, 11) is 0. The molecule has 0 atom stereocenters. The highest BCUT2D eigenvalue weighted by molar-refractivity contribution is 6.47. The lowest BCUT2D eigenvalue weighted by Crippen LogP contribution is -2.22. The van der Waals surface area contributed by atoms with Crippen molar-refractivity contribution >= 4 is 58.0 Å². The van der Waals surface area contributed by atoms with Gasteiger partial charge in [-0.15, -0.1) is 0 Å². The summed E-state index contributed by atoms with van der Waals surface area (Å²) in [5.74, 6) is 0. The monoisotopic (exact) mass is 342 g/mol. The van der Waals surface area contributed by atoms with Crippen LogP contribution in [0.5, 0.6) is 0 Å². The molecule has 0 amide bonds. The predicted octanol–water partition coefficient (Wildman–Crippen LogP) is 4.50. The SMILES string of the molecule is O=c1c(Cl)c(Cl)c(Cl)nn1-c1ccc(Cl)cc1Cl. The van der Waals surface area contributed by atoms with Crippen LogP contribution in [0.25, 0.3) is 5.69 Å². The first kappa shape index (κ1) is 14.0. The van der Waals surface area contributed by atoms with Crippen molar-refractivity contribution in [3.05, 3.63) is 53.8 Å². The quantitative estimate of drug-likeness (QED) is 0.763. The van der Waals surface area contributed by atoms with E-state index in [1.54, 1.807) is 6.07 Å². The highest BCUT2D eigenvalue weighted by atomic mass is 35.5. The van der Waals surface area contributed by atoms with Gasteiger partial charge in [-0.25, -0.2) is 0 Å². The van der Waals surface area contributed by atoms with Crippen LogP contribution in [-0.4, -0.2) is 9.78 Å². The van der Waals surface area contributed by atoms with Crippen LogP contribution < -0.4 is 5.56 Å². The Morgan fingerprint density at radius 3 is 2.28 bits per heavy atom. The Morgan fingerprint density at radius 1 is 1.00 bits per heavy atom. The summed E-state index contributed by atoms with van der Waals surface area (Å²) < 4.78 is 0.967. The molecule has 0 aliphatic heterocycles. The van der Waals surface area contributed by atoms with E-state index in [-0.39, 0.29) is 20.2 Å². The Morgan fingerprint density at radius 2 is 1.67 bits per heavy atom. The molecule has 1 aromatic heterocycles. The molecule has 1 aromatic carbocycles. The predicted molar refractivity (Wildman–Crippen MR) is 74.9 cm³/mol. The largest absolute Gasteiger partial charge is 0.291 e. The van der Waals surface area contributed by atoms with Crippen LogP contribution in [0.3, 0.4) is 0 Å². The molecule has 0 spiro atoms. The Hall–Kier alpha value is -0.450. The maximum Gasteiger partial charge on any atom is 0.291 e. The molecule has 0 saturated carbocycles. The molecule has 8 heteroatoms. The van der Waals surface area contributed by atoms with Gasteiger partial charge in [-0.2, -0.15) is 9.78 Å². The van der Waals surface area contributed by atoms with E-state index in [4.69, 9.17) is 58.0 Å². The van der Waals surface area contributed by atoms with Crippen LogP contribution in [0.15, 0.2) is 23.0 Å². The Bertz CT molecular complexity index is 683. The van der Waals surface area contributed by atoms with Crippen molar-refractivity contribution in [2.75, 3.05) is 0 Å². The van der Waals surface area contributed by atoms with Crippen molar-refractivity contribution in [2.45, 2.75) is 0 Å². The lowest BCUT2D eigenvalue weighted by Gasteiger charge is -2.08. The van der Waals surface area contributed by atoms with Crippen molar-refractivity contribution in [1.82, 2.24) is 9.78 Å². The van der Waals surface area contributed by atoms with Crippen LogP contribution >= 0.6 is 58.0 Å². The Labute approximate surface area is 127 Å². The Balaban J connectivity index is 2.76. The summed E-state index contributed by atoms with van der Waals surface area (Å²) in [6.07, 6.45) is 0. The smallest absolute Gasteiger partial charge is 0.266 e. The van der Waals surface area contributed by atoms with Gasteiger partial charge in [-0.05, 0) is 18.2 Å². The molecular weight excluding hydrogens is 341 g/mol. The summed E-state index contributed by atoms with van der Waals surface area (Å²) in [5.41, 5.74) is -0.304. The minimum absolute atomic E-state index is 0.0905. The van der Waals surface area contributed by atoms with Crippen molar-refractivity contribution in [3.63, 3.8) is 0 Å². The molecule has 0 saturated heterocycles. The first-order chi connectivity index (χ1) is 8.41. The highest BCUT2D eigenvalue weighted by Gasteiger charge is 2.15. The summed E-state index contributed by atoms with van der Waals surface area (Å²) in [6, 6.07) is 4.57. The van der Waals surface area contributed by atoms with Gasteiger partial charge in [0.05, 0.1) is 10.7 Å². The van der Waals surface area contributed by atoms with Gasteiger partial charge in [0.25, 0.3) is 5.56 Å². The third kappa shape index (κ3) is 2.46. The summed E-state index contributed by atoms with van der Waals surface area (Å²) >= 11 is 29.0. The standard InChI is InChI=1S/C10H3Cl5N2O/c11-4-1-2-6(5(12)3-4)17-10(18)8(14)7(13)9(15)16-17/h1-3H. The number of hydrogen-bond donors (Lipinski definition) is 0. The number of nitrogens with zero attached hydrogens (tertiary/aromatic N) is 2. The normalized spacial score (nSPS) is 10.7. The maximum atomic E-state index is 11.9. The van der Waals surface area contributed by atoms with Gasteiger partial charge < -0.3 is 0 Å². The number of halogens is 5. The number of benzene rings is 1. The van der Waals surface area contributed by atoms with Crippen molar-refractivity contribution in [3.8, 4) is 5.69 Å². The van der Waals surface area contributed by atoms with Gasteiger partial charge >= 0.3 is 0 Å². The van der Waals surface area contributed by atoms with Gasteiger partial charge in [-0.1, -0.05) is 58.0 Å². The summed E-state index contributed by atoms with van der Waals surface area (Å²) in [5, 5.41) is 4.09. The molecule has 0 aliphatic carbocycles. The molecule has 18 heavy (non-hydrogen) atoms. The third-order valence-electron chi connectivity index (χ3n) is 2.08. The van der Waals surface area contributed by atoms with Crippen LogP contribution in [0.2, 0.25) is 25.2 Å². The van der Waals surface area contributed by atoms with Gasteiger partial charge in [0.2, 0.25) is 0 Å². The molecule has 2 rings (SSSR count). The van der Waals surface area contributed by atoms with E-state index in [9.17, 15) is 4.79 Å².